The molecule has 2 aromatic carbocycles. The molecule has 0 aromatic heterocycles. The van der Waals surface area contributed by atoms with E-state index in [0.717, 1.165) is 12.1 Å². The molecule has 2 rings (SSSR count). The molecule has 6 heteroatoms. The van der Waals surface area contributed by atoms with Crippen molar-refractivity contribution in [2.45, 2.75) is 6.04 Å². The van der Waals surface area contributed by atoms with Gasteiger partial charge in [-0.25, -0.2) is 8.78 Å². The zero-order valence-corrected chi connectivity index (χ0v) is 12.5. The normalized spacial score (nSPS) is 12.2. The van der Waals surface area contributed by atoms with Gasteiger partial charge >= 0.3 is 0 Å². The van der Waals surface area contributed by atoms with Crippen LogP contribution in [0.3, 0.4) is 0 Å². The summed E-state index contributed by atoms with van der Waals surface area (Å²) in [6, 6.07) is 8.14. The van der Waals surface area contributed by atoms with Gasteiger partial charge in [-0.3, -0.25) is 0 Å². The largest absolute Gasteiger partial charge is 0.394 e. The van der Waals surface area contributed by atoms with Crippen molar-refractivity contribution in [2.24, 2.45) is 0 Å². The maximum absolute atomic E-state index is 13.2. The fraction of sp³-hybridized carbons (Fsp3) is 0.143. The Balaban J connectivity index is 2.23. The Kier molecular flexibility index (Phi) is 4.96. The van der Waals surface area contributed by atoms with Crippen LogP contribution in [0, 0.1) is 11.6 Å². The number of halogens is 4. The van der Waals surface area contributed by atoms with Crippen LogP contribution in [-0.2, 0) is 0 Å². The van der Waals surface area contributed by atoms with Gasteiger partial charge in [0.2, 0.25) is 0 Å². The summed E-state index contributed by atoms with van der Waals surface area (Å²) in [4.78, 5) is 0. The van der Waals surface area contributed by atoms with Gasteiger partial charge in [-0.1, -0.05) is 17.7 Å². The Morgan fingerprint density at radius 3 is 2.50 bits per heavy atom. The molecule has 1 atom stereocenters. The Hall–Kier alpha value is -1.17. The molecule has 0 saturated carbocycles. The summed E-state index contributed by atoms with van der Waals surface area (Å²) < 4.78 is 26.8. The summed E-state index contributed by atoms with van der Waals surface area (Å²) in [5.41, 5.74) is 1.16. The highest BCUT2D eigenvalue weighted by molar-refractivity contribution is 9.10. The predicted octanol–water partition coefficient (Wildman–Crippen LogP) is 4.53. The maximum Gasteiger partial charge on any atom is 0.159 e. The first-order valence-corrected chi connectivity index (χ1v) is 6.95. The monoisotopic (exact) mass is 361 g/mol. The highest BCUT2D eigenvalue weighted by Crippen LogP contribution is 2.28. The molecule has 2 aromatic rings. The second-order valence-electron chi connectivity index (χ2n) is 4.18. The van der Waals surface area contributed by atoms with E-state index in [2.05, 4.69) is 21.2 Å². The second-order valence-corrected chi connectivity index (χ2v) is 5.44. The number of aliphatic hydroxyl groups excluding tert-OH is 1. The van der Waals surface area contributed by atoms with Gasteiger partial charge in [0.1, 0.15) is 0 Å². The lowest BCUT2D eigenvalue weighted by atomic mass is 10.1. The number of benzene rings is 2. The Morgan fingerprint density at radius 1 is 1.15 bits per heavy atom. The summed E-state index contributed by atoms with van der Waals surface area (Å²) in [5.74, 6) is -1.86. The molecule has 0 spiro atoms. The van der Waals surface area contributed by atoms with Gasteiger partial charge in [0.15, 0.2) is 11.6 Å². The van der Waals surface area contributed by atoms with Crippen LogP contribution in [0.25, 0.3) is 0 Å². The molecule has 0 fully saturated rings. The fourth-order valence-electron chi connectivity index (χ4n) is 1.75. The van der Waals surface area contributed by atoms with Crippen molar-refractivity contribution < 1.29 is 13.9 Å². The first kappa shape index (κ1) is 15.2. The van der Waals surface area contributed by atoms with Crippen LogP contribution < -0.4 is 5.32 Å². The number of nitrogens with one attached hydrogen (secondary N) is 1. The third-order valence-corrected chi connectivity index (χ3v) is 4.00. The minimum atomic E-state index is -0.944. The van der Waals surface area contributed by atoms with E-state index in [9.17, 15) is 13.9 Å². The molecule has 0 aliphatic rings. The maximum atomic E-state index is 13.2. The Morgan fingerprint density at radius 2 is 1.90 bits per heavy atom. The summed E-state index contributed by atoms with van der Waals surface area (Å²) >= 11 is 9.18. The predicted molar refractivity (Wildman–Crippen MR) is 79.0 cm³/mol. The van der Waals surface area contributed by atoms with E-state index in [-0.39, 0.29) is 6.61 Å². The standard InChI is InChI=1S/C14H11BrClF2NO/c15-10-6-9(2-3-11(10)16)19-14(7-20)8-1-4-12(17)13(18)5-8/h1-6,14,19-20H,7H2. The van der Waals surface area contributed by atoms with Gasteiger partial charge < -0.3 is 10.4 Å². The summed E-state index contributed by atoms with van der Waals surface area (Å²) in [5, 5.41) is 13.0. The lowest BCUT2D eigenvalue weighted by molar-refractivity contribution is 0.276. The lowest BCUT2D eigenvalue weighted by Crippen LogP contribution is -2.15. The number of rotatable bonds is 4. The van der Waals surface area contributed by atoms with Crippen molar-refractivity contribution in [2.75, 3.05) is 11.9 Å². The number of aliphatic hydroxyl groups is 1. The average Bonchev–Trinajstić information content (AvgIpc) is 2.43. The first-order chi connectivity index (χ1) is 9.51. The van der Waals surface area contributed by atoms with Crippen molar-refractivity contribution in [1.29, 1.82) is 0 Å². The lowest BCUT2D eigenvalue weighted by Gasteiger charge is -2.18. The minimum Gasteiger partial charge on any atom is -0.394 e. The van der Waals surface area contributed by atoms with E-state index in [1.165, 1.54) is 6.07 Å². The third-order valence-electron chi connectivity index (χ3n) is 2.79. The Labute approximate surface area is 128 Å². The summed E-state index contributed by atoms with van der Waals surface area (Å²) in [6.07, 6.45) is 0. The molecule has 2 nitrogen and oxygen atoms in total. The van der Waals surface area contributed by atoms with E-state index in [4.69, 9.17) is 11.6 Å². The molecule has 0 amide bonds. The minimum absolute atomic E-state index is 0.259. The van der Waals surface area contributed by atoms with Crippen molar-refractivity contribution in [3.8, 4) is 0 Å². The van der Waals surface area contributed by atoms with Gasteiger partial charge in [0.25, 0.3) is 0 Å². The van der Waals surface area contributed by atoms with E-state index in [1.54, 1.807) is 18.2 Å². The highest BCUT2D eigenvalue weighted by atomic mass is 79.9. The molecule has 0 aliphatic heterocycles. The molecule has 20 heavy (non-hydrogen) atoms. The van der Waals surface area contributed by atoms with Crippen LogP contribution in [0.4, 0.5) is 14.5 Å². The number of hydrogen-bond donors (Lipinski definition) is 2. The van der Waals surface area contributed by atoms with Crippen LogP contribution >= 0.6 is 27.5 Å². The molecule has 0 aliphatic carbocycles. The van der Waals surface area contributed by atoms with Gasteiger partial charge in [-0.15, -0.1) is 0 Å². The van der Waals surface area contributed by atoms with Crippen molar-refractivity contribution in [1.82, 2.24) is 0 Å². The van der Waals surface area contributed by atoms with Crippen LogP contribution in [0.15, 0.2) is 40.9 Å². The topological polar surface area (TPSA) is 32.3 Å². The zero-order valence-electron chi connectivity index (χ0n) is 10.2. The molecule has 0 bridgehead atoms. The van der Waals surface area contributed by atoms with Crippen molar-refractivity contribution in [3.63, 3.8) is 0 Å². The van der Waals surface area contributed by atoms with Crippen LogP contribution in [0.5, 0.6) is 0 Å². The average molecular weight is 363 g/mol. The summed E-state index contributed by atoms with van der Waals surface area (Å²) in [7, 11) is 0. The van der Waals surface area contributed by atoms with Crippen LogP contribution in [0.1, 0.15) is 11.6 Å². The van der Waals surface area contributed by atoms with E-state index < -0.39 is 17.7 Å². The van der Waals surface area contributed by atoms with E-state index >= 15 is 0 Å². The van der Waals surface area contributed by atoms with Gasteiger partial charge in [-0.2, -0.15) is 0 Å². The van der Waals surface area contributed by atoms with Gasteiger partial charge in [-0.05, 0) is 51.8 Å². The van der Waals surface area contributed by atoms with E-state index in [1.807, 2.05) is 0 Å². The SMILES string of the molecule is OCC(Nc1ccc(Cl)c(Br)c1)c1ccc(F)c(F)c1. The number of anilines is 1. The highest BCUT2D eigenvalue weighted by Gasteiger charge is 2.13. The fourth-order valence-corrected chi connectivity index (χ4v) is 2.25. The van der Waals surface area contributed by atoms with Gasteiger partial charge in [0, 0.05) is 10.2 Å². The molecular weight excluding hydrogens is 352 g/mol. The van der Waals surface area contributed by atoms with Crippen LogP contribution in [0.2, 0.25) is 5.02 Å². The van der Waals surface area contributed by atoms with Gasteiger partial charge in [0.05, 0.1) is 17.7 Å². The third kappa shape index (κ3) is 3.48. The van der Waals surface area contributed by atoms with E-state index in [0.29, 0.717) is 20.7 Å². The second kappa shape index (κ2) is 6.52. The smallest absolute Gasteiger partial charge is 0.159 e. The van der Waals surface area contributed by atoms with Crippen LogP contribution in [-0.4, -0.2) is 11.7 Å². The quantitative estimate of drug-likeness (QED) is 0.838. The molecule has 0 saturated heterocycles. The molecule has 1 unspecified atom stereocenters. The Bertz CT molecular complexity index is 624. The molecular formula is C14H11BrClF2NO. The molecule has 0 radical (unpaired) electrons. The number of hydrogen-bond acceptors (Lipinski definition) is 2. The first-order valence-electron chi connectivity index (χ1n) is 5.78. The molecule has 2 N–H and O–H groups in total. The molecule has 0 heterocycles. The zero-order chi connectivity index (χ0) is 14.7. The molecule has 106 valence electrons. The van der Waals surface area contributed by atoms with Crippen molar-refractivity contribution in [3.05, 3.63) is 63.1 Å². The van der Waals surface area contributed by atoms with Crippen molar-refractivity contribution >= 4 is 33.2 Å². The summed E-state index contributed by atoms with van der Waals surface area (Å²) in [6.45, 7) is -0.259.